The van der Waals surface area contributed by atoms with Gasteiger partial charge in [0, 0.05) is 9.35 Å². The van der Waals surface area contributed by atoms with Gasteiger partial charge in [-0.25, -0.2) is 4.98 Å². The third-order valence-electron chi connectivity index (χ3n) is 4.59. The molecule has 0 aliphatic heterocycles. The van der Waals surface area contributed by atoms with E-state index in [0.29, 0.717) is 30.5 Å². The fourth-order valence-electron chi connectivity index (χ4n) is 3.32. The lowest BCUT2D eigenvalue weighted by molar-refractivity contribution is -0.118. The van der Waals surface area contributed by atoms with Crippen molar-refractivity contribution >= 4 is 55.2 Å². The Morgan fingerprint density at radius 1 is 1.38 bits per heavy atom. The zero-order chi connectivity index (χ0) is 20.2. The average molecular weight is 494 g/mol. The highest BCUT2D eigenvalue weighted by Gasteiger charge is 2.21. The molecule has 1 aliphatic carbocycles. The molecule has 152 valence electrons. The average Bonchev–Trinajstić information content (AvgIpc) is 3.26. The largest absolute Gasteiger partial charge is 0.492 e. The zero-order valence-electron chi connectivity index (χ0n) is 15.6. The summed E-state index contributed by atoms with van der Waals surface area (Å²) in [5.74, 6) is 2.12. The number of aromatic amines is 1. The molecule has 0 spiro atoms. The summed E-state index contributed by atoms with van der Waals surface area (Å²) in [6.45, 7) is 0.842. The molecule has 2 aromatic heterocycles. The van der Waals surface area contributed by atoms with Gasteiger partial charge in [0.15, 0.2) is 0 Å². The first-order valence-electron chi connectivity index (χ1n) is 9.36. The van der Waals surface area contributed by atoms with E-state index < -0.39 is 0 Å². The maximum absolute atomic E-state index is 12.4. The Hall–Kier alpha value is -1.84. The lowest BCUT2D eigenvalue weighted by atomic mass is 10.2. The molecule has 0 saturated heterocycles. The van der Waals surface area contributed by atoms with E-state index in [4.69, 9.17) is 4.74 Å². The Morgan fingerprint density at radius 3 is 3.14 bits per heavy atom. The van der Waals surface area contributed by atoms with Crippen molar-refractivity contribution < 1.29 is 9.53 Å². The number of hydrogen-bond donors (Lipinski definition) is 2. The third-order valence-corrected chi connectivity index (χ3v) is 7.21. The molecule has 0 radical (unpaired) electrons. The van der Waals surface area contributed by atoms with Crippen LogP contribution in [-0.2, 0) is 23.4 Å². The normalized spacial score (nSPS) is 12.9. The quantitative estimate of drug-likeness (QED) is 0.467. The number of hydrogen-bond acceptors (Lipinski definition) is 6. The minimum Gasteiger partial charge on any atom is -0.492 e. The molecule has 0 fully saturated rings. The van der Waals surface area contributed by atoms with Gasteiger partial charge in [-0.05, 0) is 43.0 Å². The van der Waals surface area contributed by atoms with Gasteiger partial charge < -0.3 is 15.0 Å². The van der Waals surface area contributed by atoms with Gasteiger partial charge in [0.1, 0.15) is 23.0 Å². The molecule has 0 saturated carbocycles. The highest BCUT2D eigenvalue weighted by molar-refractivity contribution is 9.10. The number of amides is 1. The molecule has 0 bridgehead atoms. The van der Waals surface area contributed by atoms with Gasteiger partial charge in [0.2, 0.25) is 5.91 Å². The van der Waals surface area contributed by atoms with Crippen molar-refractivity contribution in [1.29, 1.82) is 0 Å². The minimum atomic E-state index is -0.0635. The molecule has 0 atom stereocenters. The lowest BCUT2D eigenvalue weighted by Gasteiger charge is -2.08. The SMILES string of the molecule is O=C(CSCc1nc2sc3c(c2c(=O)[nH]1)CCC3)NCCOc1cccc(Br)c1. The summed E-state index contributed by atoms with van der Waals surface area (Å²) >= 11 is 6.45. The smallest absolute Gasteiger partial charge is 0.259 e. The van der Waals surface area contributed by atoms with E-state index in [2.05, 4.69) is 31.2 Å². The molecule has 4 rings (SSSR count). The molecule has 1 aliphatic rings. The van der Waals surface area contributed by atoms with Gasteiger partial charge >= 0.3 is 0 Å². The van der Waals surface area contributed by atoms with Crippen LogP contribution in [0.2, 0.25) is 0 Å². The maximum atomic E-state index is 12.4. The van der Waals surface area contributed by atoms with E-state index in [1.54, 1.807) is 11.3 Å². The van der Waals surface area contributed by atoms with Crippen molar-refractivity contribution in [3.05, 3.63) is 55.4 Å². The molecule has 0 unspecified atom stereocenters. The van der Waals surface area contributed by atoms with Gasteiger partial charge in [-0.15, -0.1) is 23.1 Å². The Kier molecular flexibility index (Phi) is 6.56. The second kappa shape index (κ2) is 9.32. The van der Waals surface area contributed by atoms with Crippen LogP contribution in [0.25, 0.3) is 10.2 Å². The second-order valence-electron chi connectivity index (χ2n) is 6.70. The summed E-state index contributed by atoms with van der Waals surface area (Å²) in [4.78, 5) is 34.0. The van der Waals surface area contributed by atoms with Crippen LogP contribution in [0.4, 0.5) is 0 Å². The Labute approximate surface area is 184 Å². The van der Waals surface area contributed by atoms with Crippen LogP contribution in [0.5, 0.6) is 5.75 Å². The highest BCUT2D eigenvalue weighted by Crippen LogP contribution is 2.34. The molecule has 29 heavy (non-hydrogen) atoms. The summed E-state index contributed by atoms with van der Waals surface area (Å²) in [6, 6.07) is 7.57. The number of thiophene rings is 1. The first-order chi connectivity index (χ1) is 14.1. The Morgan fingerprint density at radius 2 is 2.28 bits per heavy atom. The number of aryl methyl sites for hydroxylation is 2. The van der Waals surface area contributed by atoms with Gasteiger partial charge in [-0.2, -0.15) is 0 Å². The number of nitrogens with zero attached hydrogens (tertiary/aromatic N) is 1. The molecular weight excluding hydrogens is 474 g/mol. The number of fused-ring (bicyclic) bond motifs is 3. The van der Waals surface area contributed by atoms with Crippen LogP contribution in [-0.4, -0.2) is 34.8 Å². The second-order valence-corrected chi connectivity index (χ2v) is 9.68. The molecule has 9 heteroatoms. The molecule has 2 heterocycles. The summed E-state index contributed by atoms with van der Waals surface area (Å²) in [5.41, 5.74) is 1.13. The van der Waals surface area contributed by atoms with Crippen molar-refractivity contribution in [3.63, 3.8) is 0 Å². The number of carbonyl (C=O) groups is 1. The van der Waals surface area contributed by atoms with E-state index in [1.165, 1.54) is 22.2 Å². The van der Waals surface area contributed by atoms with Crippen molar-refractivity contribution in [2.45, 2.75) is 25.0 Å². The number of H-pyrrole nitrogens is 1. The highest BCUT2D eigenvalue weighted by atomic mass is 79.9. The predicted molar refractivity (Wildman–Crippen MR) is 121 cm³/mol. The van der Waals surface area contributed by atoms with Crippen molar-refractivity contribution in [2.75, 3.05) is 18.9 Å². The first kappa shape index (κ1) is 20.4. The maximum Gasteiger partial charge on any atom is 0.259 e. The van der Waals surface area contributed by atoms with Crippen LogP contribution in [0.15, 0.2) is 33.5 Å². The Bertz CT molecular complexity index is 1100. The van der Waals surface area contributed by atoms with Crippen LogP contribution in [0.3, 0.4) is 0 Å². The number of ether oxygens (including phenoxy) is 1. The zero-order valence-corrected chi connectivity index (χ0v) is 18.8. The van der Waals surface area contributed by atoms with Gasteiger partial charge in [-0.3, -0.25) is 9.59 Å². The number of rotatable bonds is 8. The van der Waals surface area contributed by atoms with Gasteiger partial charge in [0.25, 0.3) is 5.56 Å². The Balaban J connectivity index is 1.22. The summed E-state index contributed by atoms with van der Waals surface area (Å²) in [7, 11) is 0. The fraction of sp³-hybridized carbons (Fsp3) is 0.350. The number of thioether (sulfide) groups is 1. The van der Waals surface area contributed by atoms with E-state index >= 15 is 0 Å². The fourth-order valence-corrected chi connectivity index (χ4v) is 5.70. The van der Waals surface area contributed by atoms with E-state index in [9.17, 15) is 9.59 Å². The number of aromatic nitrogens is 2. The minimum absolute atomic E-state index is 0.0563. The first-order valence-corrected chi connectivity index (χ1v) is 12.1. The monoisotopic (exact) mass is 493 g/mol. The topological polar surface area (TPSA) is 84.1 Å². The van der Waals surface area contributed by atoms with E-state index in [1.807, 2.05) is 24.3 Å². The van der Waals surface area contributed by atoms with Crippen LogP contribution >= 0.6 is 39.0 Å². The molecule has 1 aromatic carbocycles. The van der Waals surface area contributed by atoms with E-state index in [0.717, 1.165) is 39.7 Å². The lowest BCUT2D eigenvalue weighted by Crippen LogP contribution is -2.29. The number of benzene rings is 1. The summed E-state index contributed by atoms with van der Waals surface area (Å²) in [6.07, 6.45) is 3.14. The van der Waals surface area contributed by atoms with Crippen molar-refractivity contribution in [3.8, 4) is 5.75 Å². The standard InChI is InChI=1S/C20H20BrN3O3S2/c21-12-3-1-4-13(9-12)27-8-7-22-17(25)11-28-10-16-23-19(26)18-14-5-2-6-15(14)29-20(18)24-16/h1,3-4,9H,2,5-8,10-11H2,(H,22,25)(H,23,24,26). The molecule has 3 aromatic rings. The summed E-state index contributed by atoms with van der Waals surface area (Å²) in [5, 5.41) is 3.60. The number of carbonyl (C=O) groups excluding carboxylic acids is 1. The molecule has 1 amide bonds. The number of halogens is 1. The van der Waals surface area contributed by atoms with E-state index in [-0.39, 0.29) is 11.5 Å². The molecular formula is C20H20BrN3O3S2. The van der Waals surface area contributed by atoms with Crippen LogP contribution < -0.4 is 15.6 Å². The molecule has 6 nitrogen and oxygen atoms in total. The van der Waals surface area contributed by atoms with Crippen molar-refractivity contribution in [1.82, 2.24) is 15.3 Å². The van der Waals surface area contributed by atoms with Crippen molar-refractivity contribution in [2.24, 2.45) is 0 Å². The van der Waals surface area contributed by atoms with Gasteiger partial charge in [-0.1, -0.05) is 22.0 Å². The van der Waals surface area contributed by atoms with Crippen LogP contribution in [0, 0.1) is 0 Å². The number of nitrogens with one attached hydrogen (secondary N) is 2. The third kappa shape index (κ3) is 5.02. The molecule has 2 N–H and O–H groups in total. The summed E-state index contributed by atoms with van der Waals surface area (Å²) < 4.78 is 6.54. The van der Waals surface area contributed by atoms with Crippen LogP contribution in [0.1, 0.15) is 22.7 Å². The predicted octanol–water partition coefficient (Wildman–Crippen LogP) is 3.66. The van der Waals surface area contributed by atoms with Gasteiger partial charge in [0.05, 0.1) is 23.4 Å².